The second-order valence-corrected chi connectivity index (χ2v) is 11.4. The molecule has 0 spiro atoms. The van der Waals surface area contributed by atoms with Crippen LogP contribution in [0.4, 0.5) is 0 Å². The number of likely N-dealkylation sites (tertiary alicyclic amines) is 1. The number of amides is 3. The van der Waals surface area contributed by atoms with E-state index in [9.17, 15) is 19.2 Å². The van der Waals surface area contributed by atoms with Gasteiger partial charge >= 0.3 is 0 Å². The number of carbonyl (C=O) groups excluding carboxylic acids is 4. The van der Waals surface area contributed by atoms with E-state index in [4.69, 9.17) is 0 Å². The highest BCUT2D eigenvalue weighted by atomic mass is 16.2. The largest absolute Gasteiger partial charge is 0.356 e. The van der Waals surface area contributed by atoms with Crippen LogP contribution in [0.2, 0.25) is 0 Å². The zero-order valence-corrected chi connectivity index (χ0v) is 20.5. The third-order valence-corrected chi connectivity index (χ3v) is 9.55. The van der Waals surface area contributed by atoms with Gasteiger partial charge in [-0.3, -0.25) is 19.2 Å². The summed E-state index contributed by atoms with van der Waals surface area (Å²) in [6, 6.07) is 0.783. The lowest BCUT2D eigenvalue weighted by Crippen LogP contribution is -2.53. The molecule has 3 N–H and O–H groups in total. The summed E-state index contributed by atoms with van der Waals surface area (Å²) in [6.45, 7) is 2.99. The van der Waals surface area contributed by atoms with Gasteiger partial charge in [0.2, 0.25) is 11.8 Å². The van der Waals surface area contributed by atoms with Crippen LogP contribution in [-0.4, -0.2) is 58.6 Å². The molecule has 6 rings (SSSR count). The van der Waals surface area contributed by atoms with Crippen molar-refractivity contribution in [2.24, 2.45) is 17.8 Å². The van der Waals surface area contributed by atoms with Crippen LogP contribution >= 0.6 is 0 Å². The number of aromatic amines is 1. The Morgan fingerprint density at radius 1 is 1.14 bits per heavy atom. The fourth-order valence-electron chi connectivity index (χ4n) is 7.74. The highest BCUT2D eigenvalue weighted by Gasteiger charge is 2.50. The predicted octanol–water partition coefficient (Wildman–Crippen LogP) is 2.61. The maximum absolute atomic E-state index is 13.7. The maximum atomic E-state index is 13.7. The molecule has 1 aromatic rings. The van der Waals surface area contributed by atoms with E-state index < -0.39 is 12.1 Å². The maximum Gasteiger partial charge on any atom is 0.270 e. The normalized spacial score (nSPS) is 33.5. The SMILES string of the molecule is CCC(=O)C(CC1CCNC1=O)NC(=O)C1C2CCCC2CN1C(=O)c1cc2c([nH]1)C1CCC2C1. The summed E-state index contributed by atoms with van der Waals surface area (Å²) < 4.78 is 0. The van der Waals surface area contributed by atoms with Gasteiger partial charge in [-0.05, 0) is 80.2 Å². The molecule has 5 aliphatic rings. The average Bonchev–Trinajstić information content (AvgIpc) is 3.66. The zero-order valence-electron chi connectivity index (χ0n) is 20.5. The second-order valence-electron chi connectivity index (χ2n) is 11.4. The number of carbonyl (C=O) groups is 4. The fourth-order valence-corrected chi connectivity index (χ4v) is 7.74. The van der Waals surface area contributed by atoms with E-state index in [2.05, 4.69) is 15.6 Å². The van der Waals surface area contributed by atoms with Crippen LogP contribution in [0.15, 0.2) is 6.07 Å². The van der Waals surface area contributed by atoms with Crippen LogP contribution in [0.3, 0.4) is 0 Å². The molecule has 8 nitrogen and oxygen atoms in total. The van der Waals surface area contributed by atoms with Crippen molar-refractivity contribution in [2.75, 3.05) is 13.1 Å². The van der Waals surface area contributed by atoms with Crippen molar-refractivity contribution in [1.82, 2.24) is 20.5 Å². The molecule has 2 bridgehead atoms. The van der Waals surface area contributed by atoms with Gasteiger partial charge in [-0.1, -0.05) is 13.3 Å². The number of nitrogens with one attached hydrogen (secondary N) is 3. The molecular formula is C27H36N4O4. The lowest BCUT2D eigenvalue weighted by Gasteiger charge is -2.29. The van der Waals surface area contributed by atoms with Crippen LogP contribution in [0.1, 0.15) is 98.3 Å². The molecule has 8 heteroatoms. The third-order valence-electron chi connectivity index (χ3n) is 9.55. The number of rotatable bonds is 7. The van der Waals surface area contributed by atoms with E-state index in [1.54, 1.807) is 11.8 Å². The van der Waals surface area contributed by atoms with Gasteiger partial charge in [-0.15, -0.1) is 0 Å². The first-order valence-electron chi connectivity index (χ1n) is 13.6. The number of hydrogen-bond donors (Lipinski definition) is 3. The van der Waals surface area contributed by atoms with E-state index in [0.29, 0.717) is 55.8 Å². The van der Waals surface area contributed by atoms with E-state index >= 15 is 0 Å². The summed E-state index contributed by atoms with van der Waals surface area (Å²) in [5.41, 5.74) is 3.13. The topological polar surface area (TPSA) is 111 Å². The van der Waals surface area contributed by atoms with Crippen LogP contribution in [0.5, 0.6) is 0 Å². The zero-order chi connectivity index (χ0) is 24.3. The molecule has 4 fully saturated rings. The van der Waals surface area contributed by atoms with Crippen molar-refractivity contribution in [2.45, 2.75) is 88.6 Å². The number of Topliss-reactive ketones (excluding diaryl/α,β-unsaturated/α-hetero) is 1. The molecule has 35 heavy (non-hydrogen) atoms. The molecule has 3 amide bonds. The summed E-state index contributed by atoms with van der Waals surface area (Å²) in [4.78, 5) is 57.5. The summed E-state index contributed by atoms with van der Waals surface area (Å²) in [7, 11) is 0. The number of H-pyrrole nitrogens is 1. The smallest absolute Gasteiger partial charge is 0.270 e. The van der Waals surface area contributed by atoms with Crippen molar-refractivity contribution in [1.29, 1.82) is 0 Å². The van der Waals surface area contributed by atoms with Gasteiger partial charge in [0.1, 0.15) is 11.7 Å². The van der Waals surface area contributed by atoms with E-state index in [1.807, 2.05) is 6.07 Å². The standard InChI is InChI=1S/C27H36N4O4/c1-2-22(32)20(11-16-8-9-28-25(16)33)30-26(34)24-18-5-3-4-17(18)13-31(24)27(35)21-12-19-14-6-7-15(10-14)23(19)29-21/h12,14-18,20,24,29H,2-11,13H2,1H3,(H,28,33)(H,30,34). The van der Waals surface area contributed by atoms with Crippen molar-refractivity contribution < 1.29 is 19.2 Å². The first-order valence-corrected chi connectivity index (χ1v) is 13.6. The van der Waals surface area contributed by atoms with Gasteiger partial charge in [0.05, 0.1) is 6.04 Å². The Morgan fingerprint density at radius 3 is 2.71 bits per heavy atom. The van der Waals surface area contributed by atoms with E-state index in [-0.39, 0.29) is 35.3 Å². The van der Waals surface area contributed by atoms with Gasteiger partial charge in [0.15, 0.2) is 5.78 Å². The van der Waals surface area contributed by atoms with E-state index in [1.165, 1.54) is 30.5 Å². The van der Waals surface area contributed by atoms with Gasteiger partial charge in [0, 0.05) is 31.1 Å². The van der Waals surface area contributed by atoms with Gasteiger partial charge in [0.25, 0.3) is 5.91 Å². The fraction of sp³-hybridized carbons (Fsp3) is 0.704. The Labute approximate surface area is 206 Å². The Bertz CT molecular complexity index is 1040. The summed E-state index contributed by atoms with van der Waals surface area (Å²) >= 11 is 0. The van der Waals surface area contributed by atoms with Crippen LogP contribution in [-0.2, 0) is 14.4 Å². The average molecular weight is 481 g/mol. The van der Waals surface area contributed by atoms with Gasteiger partial charge in [-0.2, -0.15) is 0 Å². The molecule has 1 aromatic heterocycles. The Hall–Kier alpha value is -2.64. The van der Waals surface area contributed by atoms with E-state index in [0.717, 1.165) is 19.3 Å². The molecule has 7 unspecified atom stereocenters. The number of hydrogen-bond acceptors (Lipinski definition) is 4. The summed E-state index contributed by atoms with van der Waals surface area (Å²) in [5.74, 6) is 0.869. The Morgan fingerprint density at radius 2 is 1.97 bits per heavy atom. The highest BCUT2D eigenvalue weighted by Crippen LogP contribution is 2.53. The number of aromatic nitrogens is 1. The first-order chi connectivity index (χ1) is 16.9. The minimum absolute atomic E-state index is 0.0459. The number of fused-ring (bicyclic) bond motifs is 6. The molecule has 2 aliphatic heterocycles. The molecule has 2 saturated carbocycles. The van der Waals surface area contributed by atoms with Gasteiger partial charge < -0.3 is 20.5 Å². The molecular weight excluding hydrogens is 444 g/mol. The molecule has 0 radical (unpaired) electrons. The Kier molecular flexibility index (Phi) is 5.72. The minimum Gasteiger partial charge on any atom is -0.356 e. The monoisotopic (exact) mass is 480 g/mol. The van der Waals surface area contributed by atoms with Gasteiger partial charge in [-0.25, -0.2) is 0 Å². The minimum atomic E-state index is -0.691. The van der Waals surface area contributed by atoms with Crippen molar-refractivity contribution in [3.63, 3.8) is 0 Å². The predicted molar refractivity (Wildman–Crippen MR) is 129 cm³/mol. The van der Waals surface area contributed by atoms with Crippen LogP contribution in [0.25, 0.3) is 0 Å². The van der Waals surface area contributed by atoms with Crippen LogP contribution in [0, 0.1) is 17.8 Å². The highest BCUT2D eigenvalue weighted by molar-refractivity contribution is 5.98. The molecule has 7 atom stereocenters. The van der Waals surface area contributed by atoms with Crippen molar-refractivity contribution >= 4 is 23.5 Å². The first kappa shape index (κ1) is 22.8. The van der Waals surface area contributed by atoms with Crippen LogP contribution < -0.4 is 10.6 Å². The Balaban J connectivity index is 1.22. The molecule has 3 heterocycles. The van der Waals surface area contributed by atoms with Crippen molar-refractivity contribution in [3.8, 4) is 0 Å². The van der Waals surface area contributed by atoms with Crippen molar-refractivity contribution in [3.05, 3.63) is 23.0 Å². The second kappa shape index (κ2) is 8.79. The lowest BCUT2D eigenvalue weighted by molar-refractivity contribution is -0.132. The number of ketones is 1. The summed E-state index contributed by atoms with van der Waals surface area (Å²) in [5, 5.41) is 5.81. The molecule has 2 saturated heterocycles. The summed E-state index contributed by atoms with van der Waals surface area (Å²) in [6.07, 6.45) is 7.92. The molecule has 0 aromatic carbocycles. The third kappa shape index (κ3) is 3.80. The number of nitrogens with zero attached hydrogens (tertiary/aromatic N) is 1. The lowest BCUT2D eigenvalue weighted by atomic mass is 9.91. The molecule has 188 valence electrons. The molecule has 3 aliphatic carbocycles. The quantitative estimate of drug-likeness (QED) is 0.557.